The third kappa shape index (κ3) is 7.97. The minimum absolute atomic E-state index is 0.831. The quantitative estimate of drug-likeness (QED) is 0.350. The standard InChI is InChI=1S/C6H18N3O10PS3/c1-4(21(7,11)12)17-20(10,18-5(2)22(8,13)14)19-6(3)23(9,15)16/h4-6H,1-3H3,(H2,7,11,12)(H2,8,13,14)(H2,9,15,16). The second kappa shape index (κ2) is 7.38. The van der Waals surface area contributed by atoms with Gasteiger partial charge in [0.05, 0.1) is 0 Å². The molecule has 3 unspecified atom stereocenters. The Balaban J connectivity index is 5.66. The molecule has 3 atom stereocenters. The fourth-order valence-electron chi connectivity index (χ4n) is 0.800. The van der Waals surface area contributed by atoms with Crippen molar-refractivity contribution in [3.05, 3.63) is 0 Å². The maximum atomic E-state index is 12.4. The predicted octanol–water partition coefficient (Wildman–Crippen LogP) is -1.95. The van der Waals surface area contributed by atoms with E-state index in [0.717, 1.165) is 20.8 Å². The Bertz CT molecular complexity index is 670. The molecule has 0 radical (unpaired) electrons. The Morgan fingerprint density at radius 1 is 0.652 bits per heavy atom. The first-order valence-electron chi connectivity index (χ1n) is 5.58. The van der Waals surface area contributed by atoms with Crippen LogP contribution in [0.5, 0.6) is 0 Å². The maximum Gasteiger partial charge on any atom is 0.478 e. The molecule has 140 valence electrons. The summed E-state index contributed by atoms with van der Waals surface area (Å²) in [5.41, 5.74) is -5.93. The number of hydrogen-bond donors (Lipinski definition) is 3. The van der Waals surface area contributed by atoms with E-state index in [0.29, 0.717) is 0 Å². The molecule has 0 aromatic rings. The van der Waals surface area contributed by atoms with Gasteiger partial charge in [0.2, 0.25) is 30.1 Å². The van der Waals surface area contributed by atoms with E-state index in [4.69, 9.17) is 15.4 Å². The third-order valence-electron chi connectivity index (χ3n) is 2.22. The van der Waals surface area contributed by atoms with Gasteiger partial charge in [-0.05, 0) is 20.8 Å². The van der Waals surface area contributed by atoms with Crippen LogP contribution in [-0.4, -0.2) is 41.6 Å². The molecule has 0 bridgehead atoms. The average molecular weight is 419 g/mol. The molecule has 0 aliphatic rings. The predicted molar refractivity (Wildman–Crippen MR) is 78.6 cm³/mol. The van der Waals surface area contributed by atoms with Crippen molar-refractivity contribution in [3.8, 4) is 0 Å². The summed E-state index contributed by atoms with van der Waals surface area (Å²) in [4.78, 5) is 0. The molecule has 0 spiro atoms. The summed E-state index contributed by atoms with van der Waals surface area (Å²) in [5.74, 6) is 0. The lowest BCUT2D eigenvalue weighted by Gasteiger charge is -2.24. The molecule has 0 heterocycles. The summed E-state index contributed by atoms with van der Waals surface area (Å²) in [6, 6.07) is 0. The van der Waals surface area contributed by atoms with Gasteiger partial charge in [0.25, 0.3) is 0 Å². The number of hydrogen-bond acceptors (Lipinski definition) is 10. The highest BCUT2D eigenvalue weighted by Crippen LogP contribution is 2.53. The molecule has 0 aliphatic heterocycles. The van der Waals surface area contributed by atoms with Crippen LogP contribution in [0.4, 0.5) is 0 Å². The third-order valence-corrected chi connectivity index (χ3v) is 7.44. The number of phosphoric acid groups is 1. The van der Waals surface area contributed by atoms with Gasteiger partial charge in [-0.2, -0.15) is 0 Å². The molecule has 13 nitrogen and oxygen atoms in total. The lowest BCUT2D eigenvalue weighted by atomic mass is 10.9. The molecule has 23 heavy (non-hydrogen) atoms. The van der Waals surface area contributed by atoms with Crippen LogP contribution in [0, 0.1) is 0 Å². The zero-order valence-electron chi connectivity index (χ0n) is 12.2. The van der Waals surface area contributed by atoms with Gasteiger partial charge in [0.1, 0.15) is 0 Å². The zero-order chi connectivity index (χ0) is 18.9. The van der Waals surface area contributed by atoms with Crippen molar-refractivity contribution in [2.24, 2.45) is 15.4 Å². The summed E-state index contributed by atoms with van der Waals surface area (Å²) in [5, 5.41) is 14.2. The first-order chi connectivity index (χ1) is 9.88. The normalized spacial score (nSPS) is 20.4. The van der Waals surface area contributed by atoms with Gasteiger partial charge in [-0.25, -0.2) is 45.2 Å². The van der Waals surface area contributed by atoms with Gasteiger partial charge in [0.15, 0.2) is 16.3 Å². The number of sulfonamides is 3. The van der Waals surface area contributed by atoms with Gasteiger partial charge < -0.3 is 0 Å². The van der Waals surface area contributed by atoms with Crippen molar-refractivity contribution in [3.63, 3.8) is 0 Å². The van der Waals surface area contributed by atoms with Crippen molar-refractivity contribution in [2.45, 2.75) is 37.1 Å². The van der Waals surface area contributed by atoms with E-state index in [9.17, 15) is 29.8 Å². The average Bonchev–Trinajstić information content (AvgIpc) is 2.23. The first-order valence-corrected chi connectivity index (χ1v) is 11.9. The second-order valence-corrected chi connectivity index (χ2v) is 11.3. The molecule has 0 saturated heterocycles. The summed E-state index contributed by atoms with van der Waals surface area (Å²) in [7, 11) is -18.2. The van der Waals surface area contributed by atoms with Crippen molar-refractivity contribution in [2.75, 3.05) is 0 Å². The highest BCUT2D eigenvalue weighted by Gasteiger charge is 2.41. The van der Waals surface area contributed by atoms with E-state index in [1.807, 2.05) is 0 Å². The van der Waals surface area contributed by atoms with Gasteiger partial charge in [-0.1, -0.05) is 0 Å². The Morgan fingerprint density at radius 2 is 0.826 bits per heavy atom. The van der Waals surface area contributed by atoms with Gasteiger partial charge in [-0.3, -0.25) is 13.6 Å². The number of phosphoric ester groups is 1. The second-order valence-electron chi connectivity index (χ2n) is 4.23. The van der Waals surface area contributed by atoms with E-state index in [1.54, 1.807) is 0 Å². The Hall–Kier alpha value is -0.160. The molecular weight excluding hydrogens is 401 g/mol. The Kier molecular flexibility index (Phi) is 7.33. The van der Waals surface area contributed by atoms with Crippen LogP contribution in [0.3, 0.4) is 0 Å². The highest BCUT2D eigenvalue weighted by atomic mass is 32.2. The molecule has 0 rings (SSSR count). The van der Waals surface area contributed by atoms with Crippen molar-refractivity contribution >= 4 is 37.9 Å². The molecule has 0 aromatic carbocycles. The molecule has 6 N–H and O–H groups in total. The summed E-state index contributed by atoms with van der Waals surface area (Å²) in [6.45, 7) is 2.49. The van der Waals surface area contributed by atoms with E-state index >= 15 is 0 Å². The molecule has 0 fully saturated rings. The van der Waals surface area contributed by atoms with Crippen molar-refractivity contribution < 1.29 is 43.4 Å². The summed E-state index contributed by atoms with van der Waals surface area (Å²) in [6.07, 6.45) is 0. The fraction of sp³-hybridized carbons (Fsp3) is 1.00. The molecule has 17 heteroatoms. The largest absolute Gasteiger partial charge is 0.478 e. The molecule has 0 aromatic heterocycles. The van der Waals surface area contributed by atoms with Gasteiger partial charge >= 0.3 is 7.82 Å². The van der Waals surface area contributed by atoms with Crippen LogP contribution < -0.4 is 15.4 Å². The topological polar surface area (TPSA) is 225 Å². The lowest BCUT2D eigenvalue weighted by Crippen LogP contribution is -2.33. The van der Waals surface area contributed by atoms with Crippen LogP contribution in [-0.2, 0) is 48.2 Å². The van der Waals surface area contributed by atoms with E-state index in [1.165, 1.54) is 0 Å². The number of primary sulfonamides is 3. The van der Waals surface area contributed by atoms with Gasteiger partial charge in [-0.15, -0.1) is 0 Å². The summed E-state index contributed by atoms with van der Waals surface area (Å²) < 4.78 is 92.5. The van der Waals surface area contributed by atoms with Crippen molar-refractivity contribution in [1.82, 2.24) is 0 Å². The highest BCUT2D eigenvalue weighted by molar-refractivity contribution is 7.90. The van der Waals surface area contributed by atoms with E-state index in [-0.39, 0.29) is 0 Å². The van der Waals surface area contributed by atoms with Crippen LogP contribution in [0.1, 0.15) is 20.8 Å². The monoisotopic (exact) mass is 419 g/mol. The van der Waals surface area contributed by atoms with E-state index in [2.05, 4.69) is 13.6 Å². The van der Waals surface area contributed by atoms with Crippen LogP contribution in [0.15, 0.2) is 0 Å². The van der Waals surface area contributed by atoms with Crippen LogP contribution in [0.25, 0.3) is 0 Å². The SMILES string of the molecule is CC(OP(=O)(OC(C)S(N)(=O)=O)OC(C)S(N)(=O)=O)S(N)(=O)=O. The van der Waals surface area contributed by atoms with Crippen LogP contribution in [0.2, 0.25) is 0 Å². The first kappa shape index (κ1) is 22.8. The number of rotatable bonds is 9. The summed E-state index contributed by atoms with van der Waals surface area (Å²) >= 11 is 0. The van der Waals surface area contributed by atoms with Crippen molar-refractivity contribution in [1.29, 1.82) is 0 Å². The van der Waals surface area contributed by atoms with Gasteiger partial charge in [0, 0.05) is 0 Å². The minimum atomic E-state index is -5.05. The fourth-order valence-corrected chi connectivity index (χ4v) is 4.43. The molecule has 0 saturated carbocycles. The minimum Gasteiger partial charge on any atom is -0.266 e. The maximum absolute atomic E-state index is 12.4. The smallest absolute Gasteiger partial charge is 0.266 e. The zero-order valence-corrected chi connectivity index (χ0v) is 15.6. The number of nitrogens with two attached hydrogens (primary N) is 3. The Morgan fingerprint density at radius 3 is 0.957 bits per heavy atom. The van der Waals surface area contributed by atoms with E-state index < -0.39 is 54.2 Å². The molecule has 0 amide bonds. The molecular formula is C6H18N3O10PS3. The Labute approximate surface area is 134 Å². The van der Waals surface area contributed by atoms with Crippen LogP contribution >= 0.6 is 7.82 Å². The lowest BCUT2D eigenvalue weighted by molar-refractivity contribution is 0.0941. The molecule has 0 aliphatic carbocycles.